The Bertz CT molecular complexity index is 479. The van der Waals surface area contributed by atoms with Gasteiger partial charge in [-0.2, -0.15) is 5.10 Å². The van der Waals surface area contributed by atoms with Crippen molar-refractivity contribution in [2.45, 2.75) is 27.0 Å². The number of aliphatic hydroxyl groups excluding tert-OH is 1. The monoisotopic (exact) mass is 232 g/mol. The fraction of sp³-hybridized carbons (Fsp3) is 0.417. The number of nitrogens with zero attached hydrogens (tertiary/aromatic N) is 4. The van der Waals surface area contributed by atoms with E-state index in [-0.39, 0.29) is 6.61 Å². The third-order valence-electron chi connectivity index (χ3n) is 2.39. The smallest absolute Gasteiger partial charge is 0.113 e. The van der Waals surface area contributed by atoms with E-state index >= 15 is 0 Å². The lowest BCUT2D eigenvalue weighted by molar-refractivity contribution is 0.264. The lowest BCUT2D eigenvalue weighted by Gasteiger charge is -2.07. The summed E-state index contributed by atoms with van der Waals surface area (Å²) >= 11 is 0. The van der Waals surface area contributed by atoms with Crippen LogP contribution in [-0.2, 0) is 13.2 Å². The zero-order valence-electron chi connectivity index (χ0n) is 10.0. The summed E-state index contributed by atoms with van der Waals surface area (Å²) in [6, 6.07) is 1.85. The van der Waals surface area contributed by atoms with E-state index in [9.17, 15) is 5.11 Å². The molecule has 0 aliphatic rings. The van der Waals surface area contributed by atoms with Gasteiger partial charge in [0.2, 0.25) is 0 Å². The Balaban J connectivity index is 2.34. The van der Waals surface area contributed by atoms with Crippen molar-refractivity contribution >= 4 is 0 Å². The molecule has 2 rings (SSSR count). The van der Waals surface area contributed by atoms with Crippen LogP contribution >= 0.6 is 0 Å². The first-order valence-electron chi connectivity index (χ1n) is 5.64. The van der Waals surface area contributed by atoms with Gasteiger partial charge in [-0.1, -0.05) is 13.8 Å². The number of aliphatic hydroxyl groups is 1. The normalized spacial score (nSPS) is 11.1. The minimum atomic E-state index is -0.0139. The van der Waals surface area contributed by atoms with Gasteiger partial charge in [0.25, 0.3) is 0 Å². The van der Waals surface area contributed by atoms with Gasteiger partial charge in [-0.3, -0.25) is 14.6 Å². The molecular weight excluding hydrogens is 216 g/mol. The molecule has 0 aliphatic heterocycles. The highest BCUT2D eigenvalue weighted by Gasteiger charge is 2.10. The van der Waals surface area contributed by atoms with Crippen molar-refractivity contribution in [3.63, 3.8) is 0 Å². The Kier molecular flexibility index (Phi) is 3.49. The third kappa shape index (κ3) is 2.68. The second kappa shape index (κ2) is 5.05. The van der Waals surface area contributed by atoms with Crippen LogP contribution in [0.2, 0.25) is 0 Å². The highest BCUT2D eigenvalue weighted by atomic mass is 16.3. The molecule has 0 radical (unpaired) electrons. The van der Waals surface area contributed by atoms with Crippen molar-refractivity contribution < 1.29 is 5.11 Å². The summed E-state index contributed by atoms with van der Waals surface area (Å²) in [5.74, 6) is 0.481. The topological polar surface area (TPSA) is 63.8 Å². The molecule has 0 spiro atoms. The van der Waals surface area contributed by atoms with Crippen LogP contribution in [0.15, 0.2) is 24.7 Å². The van der Waals surface area contributed by atoms with Crippen molar-refractivity contribution in [3.05, 3.63) is 30.4 Å². The fourth-order valence-electron chi connectivity index (χ4n) is 1.64. The summed E-state index contributed by atoms with van der Waals surface area (Å²) in [5.41, 5.74) is 2.28. The van der Waals surface area contributed by atoms with E-state index in [4.69, 9.17) is 0 Å². The molecule has 17 heavy (non-hydrogen) atoms. The highest BCUT2D eigenvalue weighted by Crippen LogP contribution is 2.16. The lowest BCUT2D eigenvalue weighted by atomic mass is 10.2. The number of aromatic nitrogens is 4. The van der Waals surface area contributed by atoms with Crippen molar-refractivity contribution in [3.8, 4) is 11.4 Å². The molecule has 0 aromatic carbocycles. The van der Waals surface area contributed by atoms with Crippen LogP contribution in [0.1, 0.15) is 19.5 Å². The molecule has 5 nitrogen and oxygen atoms in total. The molecular formula is C12H16N4O. The average Bonchev–Trinajstić information content (AvgIpc) is 2.72. The average molecular weight is 232 g/mol. The summed E-state index contributed by atoms with van der Waals surface area (Å²) in [6.07, 6.45) is 4.93. The van der Waals surface area contributed by atoms with E-state index in [2.05, 4.69) is 28.9 Å². The maximum absolute atomic E-state index is 9.29. The third-order valence-corrected chi connectivity index (χ3v) is 2.39. The van der Waals surface area contributed by atoms with E-state index in [1.165, 1.54) is 0 Å². The minimum Gasteiger partial charge on any atom is -0.390 e. The maximum atomic E-state index is 9.29. The van der Waals surface area contributed by atoms with Crippen LogP contribution in [0.25, 0.3) is 11.4 Å². The summed E-state index contributed by atoms with van der Waals surface area (Å²) < 4.78 is 1.83. The molecule has 2 aromatic rings. The van der Waals surface area contributed by atoms with Gasteiger partial charge in [0, 0.05) is 18.9 Å². The number of hydrogen-bond donors (Lipinski definition) is 1. The van der Waals surface area contributed by atoms with Gasteiger partial charge < -0.3 is 5.11 Å². The van der Waals surface area contributed by atoms with Gasteiger partial charge in [-0.25, -0.2) is 0 Å². The predicted molar refractivity (Wildman–Crippen MR) is 64.0 cm³/mol. The molecule has 90 valence electrons. The van der Waals surface area contributed by atoms with Crippen LogP contribution in [0, 0.1) is 5.92 Å². The Labute approximate surface area is 100 Å². The van der Waals surface area contributed by atoms with Gasteiger partial charge in [0.05, 0.1) is 18.5 Å². The number of rotatable bonds is 4. The van der Waals surface area contributed by atoms with Crippen molar-refractivity contribution in [2.24, 2.45) is 5.92 Å². The summed E-state index contributed by atoms with van der Waals surface area (Å²) in [5, 5.41) is 13.7. The van der Waals surface area contributed by atoms with E-state index < -0.39 is 0 Å². The molecule has 2 heterocycles. The SMILES string of the molecule is CC(C)Cn1nc(-c2cnccn2)cc1CO. The van der Waals surface area contributed by atoms with Gasteiger partial charge in [0.1, 0.15) is 11.4 Å². The quantitative estimate of drug-likeness (QED) is 0.867. The Morgan fingerprint density at radius 2 is 2.12 bits per heavy atom. The van der Waals surface area contributed by atoms with Gasteiger partial charge in [0.15, 0.2) is 0 Å². The molecule has 0 aliphatic carbocycles. The lowest BCUT2D eigenvalue weighted by Crippen LogP contribution is -2.09. The zero-order chi connectivity index (χ0) is 12.3. The summed E-state index contributed by atoms with van der Waals surface area (Å²) in [6.45, 7) is 5.01. The molecule has 1 N–H and O–H groups in total. The second-order valence-corrected chi connectivity index (χ2v) is 4.35. The molecule has 0 bridgehead atoms. The van der Waals surface area contributed by atoms with Crippen LogP contribution < -0.4 is 0 Å². The zero-order valence-corrected chi connectivity index (χ0v) is 10.0. The van der Waals surface area contributed by atoms with E-state index in [1.807, 2.05) is 10.7 Å². The second-order valence-electron chi connectivity index (χ2n) is 4.35. The standard InChI is InChI=1S/C12H16N4O/c1-9(2)7-16-10(8-17)5-11(15-16)12-6-13-3-4-14-12/h3-6,9,17H,7-8H2,1-2H3. The fourth-order valence-corrected chi connectivity index (χ4v) is 1.64. The van der Waals surface area contributed by atoms with Crippen LogP contribution in [0.3, 0.4) is 0 Å². The van der Waals surface area contributed by atoms with Crippen LogP contribution in [0.5, 0.6) is 0 Å². The van der Waals surface area contributed by atoms with E-state index in [1.54, 1.807) is 18.6 Å². The van der Waals surface area contributed by atoms with Gasteiger partial charge in [-0.15, -0.1) is 0 Å². The first-order chi connectivity index (χ1) is 8.20. The molecule has 0 saturated heterocycles. The van der Waals surface area contributed by atoms with E-state index in [0.29, 0.717) is 5.92 Å². The molecule has 0 atom stereocenters. The van der Waals surface area contributed by atoms with Crippen LogP contribution in [0.4, 0.5) is 0 Å². The van der Waals surface area contributed by atoms with E-state index in [0.717, 1.165) is 23.6 Å². The van der Waals surface area contributed by atoms with Gasteiger partial charge in [-0.05, 0) is 12.0 Å². The highest BCUT2D eigenvalue weighted by molar-refractivity contribution is 5.52. The Hall–Kier alpha value is -1.75. The Morgan fingerprint density at radius 3 is 2.71 bits per heavy atom. The van der Waals surface area contributed by atoms with Gasteiger partial charge >= 0.3 is 0 Å². The molecule has 0 unspecified atom stereocenters. The first-order valence-corrected chi connectivity index (χ1v) is 5.64. The number of hydrogen-bond acceptors (Lipinski definition) is 4. The maximum Gasteiger partial charge on any atom is 0.113 e. The van der Waals surface area contributed by atoms with Crippen molar-refractivity contribution in [1.29, 1.82) is 0 Å². The summed E-state index contributed by atoms with van der Waals surface area (Å²) in [7, 11) is 0. The molecule has 0 saturated carbocycles. The summed E-state index contributed by atoms with van der Waals surface area (Å²) in [4.78, 5) is 8.21. The Morgan fingerprint density at radius 1 is 1.29 bits per heavy atom. The van der Waals surface area contributed by atoms with Crippen molar-refractivity contribution in [1.82, 2.24) is 19.7 Å². The first kappa shape index (κ1) is 11.7. The van der Waals surface area contributed by atoms with Crippen molar-refractivity contribution in [2.75, 3.05) is 0 Å². The predicted octanol–water partition coefficient (Wildman–Crippen LogP) is 1.49. The molecule has 0 fully saturated rings. The minimum absolute atomic E-state index is 0.0139. The largest absolute Gasteiger partial charge is 0.390 e. The molecule has 2 aromatic heterocycles. The molecule has 5 heteroatoms. The molecule has 0 amide bonds. The van der Waals surface area contributed by atoms with Crippen LogP contribution in [-0.4, -0.2) is 24.9 Å².